The lowest BCUT2D eigenvalue weighted by Crippen LogP contribution is -2.27. The molecule has 1 saturated carbocycles. The number of amides is 1. The van der Waals surface area contributed by atoms with E-state index in [2.05, 4.69) is 27.2 Å². The van der Waals surface area contributed by atoms with Gasteiger partial charge in [0.25, 0.3) is 5.91 Å². The molecule has 1 atom stereocenters. The Morgan fingerprint density at radius 1 is 1.19 bits per heavy atom. The van der Waals surface area contributed by atoms with Crippen LogP contribution < -0.4 is 14.8 Å². The van der Waals surface area contributed by atoms with E-state index in [1.807, 2.05) is 29.7 Å². The van der Waals surface area contributed by atoms with Crippen LogP contribution in [-0.4, -0.2) is 48.7 Å². The Hall–Kier alpha value is -3.72. The van der Waals surface area contributed by atoms with E-state index in [9.17, 15) is 4.79 Å². The van der Waals surface area contributed by atoms with E-state index in [1.165, 1.54) is 6.33 Å². The summed E-state index contributed by atoms with van der Waals surface area (Å²) in [6.07, 6.45) is 5.36. The molecular formula is C26H25ClN6O3. The molecule has 1 aliphatic heterocycles. The van der Waals surface area contributed by atoms with Crippen LogP contribution in [0.25, 0.3) is 22.6 Å². The van der Waals surface area contributed by atoms with Crippen LogP contribution in [-0.2, 0) is 11.3 Å². The van der Waals surface area contributed by atoms with Crippen LogP contribution in [0.1, 0.15) is 37.4 Å². The summed E-state index contributed by atoms with van der Waals surface area (Å²) >= 11 is 6.75. The van der Waals surface area contributed by atoms with Crippen molar-refractivity contribution in [3.8, 4) is 23.0 Å². The highest BCUT2D eigenvalue weighted by molar-refractivity contribution is 6.33. The van der Waals surface area contributed by atoms with Crippen LogP contribution in [0.4, 0.5) is 0 Å². The first-order valence-corrected chi connectivity index (χ1v) is 12.3. The number of carbonyl (C=O) groups excluding carboxylic acids is 1. The van der Waals surface area contributed by atoms with E-state index in [1.54, 1.807) is 18.3 Å². The Balaban J connectivity index is 1.43. The summed E-state index contributed by atoms with van der Waals surface area (Å²) < 4.78 is 14.0. The van der Waals surface area contributed by atoms with Crippen LogP contribution in [0.15, 0.2) is 42.9 Å². The van der Waals surface area contributed by atoms with E-state index in [-0.39, 0.29) is 11.5 Å². The van der Waals surface area contributed by atoms with E-state index in [0.29, 0.717) is 58.7 Å². The highest BCUT2D eigenvalue weighted by Crippen LogP contribution is 2.41. The molecule has 2 aliphatic rings. The molecule has 0 radical (unpaired) electrons. The highest BCUT2D eigenvalue weighted by Gasteiger charge is 2.41. The van der Waals surface area contributed by atoms with Gasteiger partial charge in [-0.05, 0) is 62.6 Å². The fourth-order valence-corrected chi connectivity index (χ4v) is 4.56. The standard InChI is InChI=1S/C26H25ClN6O3/c1-15-5-9-28-16(11-15)13-33-22(32-21-23(33)30-14-31-25(21)36-26(2)7-8-26)18-4-3-17(12-19(18)27)35-20-6-10-29-24(20)34/h3-5,9,11-12,14,20H,6-8,10,13H2,1-2H3,(H,29,34). The van der Waals surface area contributed by atoms with Crippen molar-refractivity contribution in [3.63, 3.8) is 0 Å². The van der Waals surface area contributed by atoms with Crippen molar-refractivity contribution in [1.29, 1.82) is 0 Å². The SMILES string of the molecule is Cc1ccnc(Cn2c(-c3ccc(OC4CCNC4=O)cc3Cl)nc3c(OC4(C)CC4)ncnc32)c1. The van der Waals surface area contributed by atoms with Gasteiger partial charge < -0.3 is 19.4 Å². The zero-order valence-corrected chi connectivity index (χ0v) is 20.7. The molecule has 1 aliphatic carbocycles. The Labute approximate surface area is 212 Å². The third kappa shape index (κ3) is 4.35. The number of hydrogen-bond acceptors (Lipinski definition) is 7. The van der Waals surface area contributed by atoms with Gasteiger partial charge in [0, 0.05) is 24.7 Å². The molecule has 3 aromatic heterocycles. The fraction of sp³-hybridized carbons (Fsp3) is 0.346. The van der Waals surface area contributed by atoms with Gasteiger partial charge in [-0.1, -0.05) is 11.6 Å². The molecule has 1 saturated heterocycles. The lowest BCUT2D eigenvalue weighted by Gasteiger charge is -2.14. The smallest absolute Gasteiger partial charge is 0.261 e. The van der Waals surface area contributed by atoms with Gasteiger partial charge in [-0.15, -0.1) is 0 Å². The van der Waals surface area contributed by atoms with Crippen molar-refractivity contribution in [2.24, 2.45) is 0 Å². The predicted octanol–water partition coefficient (Wildman–Crippen LogP) is 4.10. The van der Waals surface area contributed by atoms with E-state index in [0.717, 1.165) is 24.1 Å². The third-order valence-electron chi connectivity index (χ3n) is 6.55. The number of ether oxygens (including phenoxy) is 2. The first-order chi connectivity index (χ1) is 17.4. The molecule has 1 amide bonds. The second kappa shape index (κ2) is 8.74. The molecule has 10 heteroatoms. The van der Waals surface area contributed by atoms with Gasteiger partial charge in [-0.2, -0.15) is 4.98 Å². The highest BCUT2D eigenvalue weighted by atomic mass is 35.5. The number of rotatable bonds is 7. The normalized spacial score (nSPS) is 18.3. The number of imidazole rings is 1. The zero-order chi connectivity index (χ0) is 24.9. The molecule has 1 unspecified atom stereocenters. The number of aryl methyl sites for hydroxylation is 1. The monoisotopic (exact) mass is 504 g/mol. The number of nitrogens with zero attached hydrogens (tertiary/aromatic N) is 5. The molecule has 0 bridgehead atoms. The van der Waals surface area contributed by atoms with Gasteiger partial charge in [0.2, 0.25) is 5.88 Å². The first kappa shape index (κ1) is 22.7. The Bertz CT molecular complexity index is 1480. The Morgan fingerprint density at radius 2 is 2.06 bits per heavy atom. The van der Waals surface area contributed by atoms with E-state index < -0.39 is 6.10 Å². The molecule has 6 rings (SSSR count). The lowest BCUT2D eigenvalue weighted by atomic mass is 10.2. The fourth-order valence-electron chi connectivity index (χ4n) is 4.30. The largest absolute Gasteiger partial charge is 0.480 e. The molecule has 4 aromatic rings. The van der Waals surface area contributed by atoms with Crippen LogP contribution in [0.5, 0.6) is 11.6 Å². The summed E-state index contributed by atoms with van der Waals surface area (Å²) in [7, 11) is 0. The number of fused-ring (bicyclic) bond motifs is 1. The van der Waals surface area contributed by atoms with Crippen molar-refractivity contribution in [1.82, 2.24) is 29.8 Å². The average Bonchev–Trinajstić information content (AvgIpc) is 3.26. The minimum absolute atomic E-state index is 0.113. The maximum absolute atomic E-state index is 11.9. The number of benzene rings is 1. The quantitative estimate of drug-likeness (QED) is 0.404. The number of aromatic nitrogens is 5. The number of nitrogens with one attached hydrogen (secondary N) is 1. The van der Waals surface area contributed by atoms with Crippen molar-refractivity contribution in [3.05, 3.63) is 59.1 Å². The Kier molecular flexibility index (Phi) is 5.52. The summed E-state index contributed by atoms with van der Waals surface area (Å²) in [4.78, 5) is 30.3. The summed E-state index contributed by atoms with van der Waals surface area (Å²) in [6.45, 7) is 5.15. The van der Waals surface area contributed by atoms with Crippen molar-refractivity contribution < 1.29 is 14.3 Å². The summed E-state index contributed by atoms with van der Waals surface area (Å²) in [5.41, 5.74) is 3.69. The van der Waals surface area contributed by atoms with Gasteiger partial charge in [0.15, 0.2) is 17.3 Å². The average molecular weight is 505 g/mol. The maximum atomic E-state index is 11.9. The molecule has 0 spiro atoms. The van der Waals surface area contributed by atoms with Gasteiger partial charge >= 0.3 is 0 Å². The molecule has 36 heavy (non-hydrogen) atoms. The van der Waals surface area contributed by atoms with Crippen molar-refractivity contribution in [2.45, 2.75) is 51.4 Å². The van der Waals surface area contributed by atoms with Crippen LogP contribution in [0.2, 0.25) is 5.02 Å². The molecule has 1 aromatic carbocycles. The summed E-state index contributed by atoms with van der Waals surface area (Å²) in [5, 5.41) is 3.22. The van der Waals surface area contributed by atoms with Crippen LogP contribution >= 0.6 is 11.6 Å². The lowest BCUT2D eigenvalue weighted by molar-refractivity contribution is -0.124. The Morgan fingerprint density at radius 3 is 2.78 bits per heavy atom. The maximum Gasteiger partial charge on any atom is 0.261 e. The van der Waals surface area contributed by atoms with E-state index >= 15 is 0 Å². The van der Waals surface area contributed by atoms with E-state index in [4.69, 9.17) is 26.1 Å². The molecule has 1 N–H and O–H groups in total. The van der Waals surface area contributed by atoms with Gasteiger partial charge in [0.1, 0.15) is 23.5 Å². The third-order valence-corrected chi connectivity index (χ3v) is 6.86. The molecule has 184 valence electrons. The summed E-state index contributed by atoms with van der Waals surface area (Å²) in [6, 6.07) is 9.36. The first-order valence-electron chi connectivity index (χ1n) is 11.9. The van der Waals surface area contributed by atoms with Crippen LogP contribution in [0.3, 0.4) is 0 Å². The zero-order valence-electron chi connectivity index (χ0n) is 20.0. The van der Waals surface area contributed by atoms with Crippen molar-refractivity contribution in [2.75, 3.05) is 6.54 Å². The van der Waals surface area contributed by atoms with Gasteiger partial charge in [-0.3, -0.25) is 9.78 Å². The molecular weight excluding hydrogens is 480 g/mol. The molecule has 2 fully saturated rings. The molecule has 9 nitrogen and oxygen atoms in total. The predicted molar refractivity (Wildman–Crippen MR) is 134 cm³/mol. The van der Waals surface area contributed by atoms with Crippen LogP contribution in [0, 0.1) is 6.92 Å². The number of carbonyl (C=O) groups is 1. The number of halogens is 1. The number of hydrogen-bond donors (Lipinski definition) is 1. The summed E-state index contributed by atoms with van der Waals surface area (Å²) in [5.74, 6) is 1.49. The minimum atomic E-state index is -0.511. The minimum Gasteiger partial charge on any atom is -0.480 e. The van der Waals surface area contributed by atoms with Crippen molar-refractivity contribution >= 4 is 28.7 Å². The topological polar surface area (TPSA) is 104 Å². The van der Waals surface area contributed by atoms with Gasteiger partial charge in [-0.25, -0.2) is 9.97 Å². The second-order valence-corrected chi connectivity index (χ2v) is 9.98. The number of pyridine rings is 1. The van der Waals surface area contributed by atoms with Gasteiger partial charge in [0.05, 0.1) is 17.3 Å². The molecule has 4 heterocycles. The second-order valence-electron chi connectivity index (χ2n) is 9.58.